The first-order valence-corrected chi connectivity index (χ1v) is 6.26. The number of benzene rings is 1. The first kappa shape index (κ1) is 13.0. The Morgan fingerprint density at radius 2 is 1.94 bits per heavy atom. The molecule has 0 unspecified atom stereocenters. The molecular formula is C15H21NO2. The average molecular weight is 247 g/mol. The van der Waals surface area contributed by atoms with E-state index in [1.54, 1.807) is 21.0 Å². The van der Waals surface area contributed by atoms with Crippen LogP contribution in [0.5, 0.6) is 5.75 Å². The Morgan fingerprint density at radius 1 is 1.28 bits per heavy atom. The predicted molar refractivity (Wildman–Crippen MR) is 74.1 cm³/mol. The summed E-state index contributed by atoms with van der Waals surface area (Å²) in [4.78, 5) is 0. The van der Waals surface area contributed by atoms with Gasteiger partial charge in [-0.1, -0.05) is 6.07 Å². The summed E-state index contributed by atoms with van der Waals surface area (Å²) in [6.07, 6.45) is 2.03. The van der Waals surface area contributed by atoms with Gasteiger partial charge in [0, 0.05) is 23.2 Å². The van der Waals surface area contributed by atoms with E-state index in [4.69, 9.17) is 4.74 Å². The third-order valence-corrected chi connectivity index (χ3v) is 3.26. The second-order valence-electron chi connectivity index (χ2n) is 5.46. The molecule has 0 aliphatic heterocycles. The van der Waals surface area contributed by atoms with Crippen molar-refractivity contribution in [2.24, 2.45) is 0 Å². The fourth-order valence-corrected chi connectivity index (χ4v) is 2.34. The highest BCUT2D eigenvalue weighted by Gasteiger charge is 2.24. The topological polar surface area (TPSA) is 34.4 Å². The fraction of sp³-hybridized carbons (Fsp3) is 0.467. The van der Waals surface area contributed by atoms with Crippen LogP contribution in [0.15, 0.2) is 24.4 Å². The van der Waals surface area contributed by atoms with Crippen molar-refractivity contribution >= 4 is 10.9 Å². The van der Waals surface area contributed by atoms with Crippen molar-refractivity contribution in [2.45, 2.75) is 39.3 Å². The first-order chi connectivity index (χ1) is 8.36. The largest absolute Gasteiger partial charge is 0.496 e. The van der Waals surface area contributed by atoms with Crippen LogP contribution in [0.3, 0.4) is 0 Å². The highest BCUT2D eigenvalue weighted by Crippen LogP contribution is 2.37. The molecule has 0 bridgehead atoms. The van der Waals surface area contributed by atoms with Crippen molar-refractivity contribution in [3.05, 3.63) is 30.0 Å². The van der Waals surface area contributed by atoms with Gasteiger partial charge < -0.3 is 14.4 Å². The maximum Gasteiger partial charge on any atom is 0.128 e. The summed E-state index contributed by atoms with van der Waals surface area (Å²) < 4.78 is 7.60. The molecular weight excluding hydrogens is 226 g/mol. The second kappa shape index (κ2) is 4.32. The molecule has 0 spiro atoms. The lowest BCUT2D eigenvalue weighted by atomic mass is 9.97. The molecule has 0 saturated carbocycles. The lowest BCUT2D eigenvalue weighted by Crippen LogP contribution is -2.15. The number of rotatable bonds is 3. The summed E-state index contributed by atoms with van der Waals surface area (Å²) in [7, 11) is 1.66. The minimum Gasteiger partial charge on any atom is -0.496 e. The van der Waals surface area contributed by atoms with Gasteiger partial charge in [0.25, 0.3) is 0 Å². The van der Waals surface area contributed by atoms with Crippen molar-refractivity contribution < 1.29 is 9.84 Å². The number of methoxy groups -OCH3 is 1. The molecule has 18 heavy (non-hydrogen) atoms. The molecule has 0 saturated heterocycles. The van der Waals surface area contributed by atoms with Gasteiger partial charge in [-0.05, 0) is 39.8 Å². The molecule has 1 heterocycles. The molecule has 1 aromatic heterocycles. The van der Waals surface area contributed by atoms with Crippen molar-refractivity contribution in [2.75, 3.05) is 7.11 Å². The van der Waals surface area contributed by atoms with Crippen LogP contribution in [0.1, 0.15) is 39.3 Å². The van der Waals surface area contributed by atoms with Crippen LogP contribution in [0, 0.1) is 0 Å². The van der Waals surface area contributed by atoms with E-state index in [1.807, 2.05) is 18.3 Å². The van der Waals surface area contributed by atoms with Gasteiger partial charge in [0.2, 0.25) is 0 Å². The molecule has 3 nitrogen and oxygen atoms in total. The minimum atomic E-state index is -0.882. The predicted octanol–water partition coefficient (Wildman–Crippen LogP) is 3.46. The van der Waals surface area contributed by atoms with E-state index < -0.39 is 5.60 Å². The SMILES string of the molecule is COc1cccc2c1c(C(C)(C)O)cn2C(C)C. The van der Waals surface area contributed by atoms with E-state index in [-0.39, 0.29) is 0 Å². The van der Waals surface area contributed by atoms with Crippen LogP contribution in [0.4, 0.5) is 0 Å². The van der Waals surface area contributed by atoms with E-state index in [0.717, 1.165) is 22.2 Å². The van der Waals surface area contributed by atoms with Crippen molar-refractivity contribution in [3.63, 3.8) is 0 Å². The summed E-state index contributed by atoms with van der Waals surface area (Å²) in [5.41, 5.74) is 1.12. The zero-order valence-corrected chi connectivity index (χ0v) is 11.7. The maximum atomic E-state index is 10.3. The fourth-order valence-electron chi connectivity index (χ4n) is 2.34. The molecule has 3 heteroatoms. The Balaban J connectivity index is 2.86. The van der Waals surface area contributed by atoms with Gasteiger partial charge in [-0.3, -0.25) is 0 Å². The number of aliphatic hydroxyl groups is 1. The highest BCUT2D eigenvalue weighted by molar-refractivity contribution is 5.90. The van der Waals surface area contributed by atoms with E-state index in [2.05, 4.69) is 24.5 Å². The van der Waals surface area contributed by atoms with Crippen LogP contribution < -0.4 is 4.74 Å². The van der Waals surface area contributed by atoms with Crippen LogP contribution in [-0.4, -0.2) is 16.8 Å². The molecule has 0 radical (unpaired) electrons. The summed E-state index contributed by atoms with van der Waals surface area (Å²) in [6, 6.07) is 6.32. The van der Waals surface area contributed by atoms with Gasteiger partial charge in [0.05, 0.1) is 18.2 Å². The Morgan fingerprint density at radius 3 is 2.44 bits per heavy atom. The molecule has 0 amide bonds. The zero-order chi connectivity index (χ0) is 13.5. The number of nitrogens with zero attached hydrogens (tertiary/aromatic N) is 1. The molecule has 1 aromatic carbocycles. The van der Waals surface area contributed by atoms with Crippen molar-refractivity contribution in [1.29, 1.82) is 0 Å². The summed E-state index contributed by atoms with van der Waals surface area (Å²) in [5, 5.41) is 11.3. The Bertz CT molecular complexity index is 562. The standard InChI is InChI=1S/C15H21NO2/c1-10(2)16-9-11(15(3,4)17)14-12(16)7-6-8-13(14)18-5/h6-10,17H,1-5H3. The lowest BCUT2D eigenvalue weighted by Gasteiger charge is -2.17. The first-order valence-electron chi connectivity index (χ1n) is 6.26. The van der Waals surface area contributed by atoms with Crippen LogP contribution >= 0.6 is 0 Å². The number of hydrogen-bond acceptors (Lipinski definition) is 2. The Hall–Kier alpha value is -1.48. The monoisotopic (exact) mass is 247 g/mol. The van der Waals surface area contributed by atoms with Gasteiger partial charge in [0.15, 0.2) is 0 Å². The zero-order valence-electron chi connectivity index (χ0n) is 11.7. The summed E-state index contributed by atoms with van der Waals surface area (Å²) in [5.74, 6) is 0.809. The Kier molecular flexibility index (Phi) is 3.11. The molecule has 2 aromatic rings. The maximum absolute atomic E-state index is 10.3. The van der Waals surface area contributed by atoms with Crippen molar-refractivity contribution in [1.82, 2.24) is 4.57 Å². The number of ether oxygens (including phenoxy) is 1. The minimum absolute atomic E-state index is 0.343. The van der Waals surface area contributed by atoms with Crippen LogP contribution in [0.25, 0.3) is 10.9 Å². The van der Waals surface area contributed by atoms with E-state index in [1.165, 1.54) is 0 Å². The molecule has 0 aliphatic carbocycles. The number of aromatic nitrogens is 1. The molecule has 98 valence electrons. The number of hydrogen-bond donors (Lipinski definition) is 1. The van der Waals surface area contributed by atoms with E-state index in [9.17, 15) is 5.11 Å². The van der Waals surface area contributed by atoms with E-state index in [0.29, 0.717) is 6.04 Å². The normalized spacial score (nSPS) is 12.4. The summed E-state index contributed by atoms with van der Waals surface area (Å²) >= 11 is 0. The van der Waals surface area contributed by atoms with E-state index >= 15 is 0 Å². The van der Waals surface area contributed by atoms with Gasteiger partial charge in [-0.15, -0.1) is 0 Å². The van der Waals surface area contributed by atoms with Gasteiger partial charge in [0.1, 0.15) is 5.75 Å². The molecule has 0 atom stereocenters. The summed E-state index contributed by atoms with van der Waals surface area (Å²) in [6.45, 7) is 7.87. The van der Waals surface area contributed by atoms with Gasteiger partial charge in [-0.2, -0.15) is 0 Å². The molecule has 1 N–H and O–H groups in total. The van der Waals surface area contributed by atoms with Crippen LogP contribution in [-0.2, 0) is 5.60 Å². The molecule has 2 rings (SSSR count). The number of fused-ring (bicyclic) bond motifs is 1. The second-order valence-corrected chi connectivity index (χ2v) is 5.46. The lowest BCUT2D eigenvalue weighted by molar-refractivity contribution is 0.0798. The Labute approximate surface area is 108 Å². The average Bonchev–Trinajstić information content (AvgIpc) is 2.67. The quantitative estimate of drug-likeness (QED) is 0.901. The third-order valence-electron chi connectivity index (χ3n) is 3.26. The third kappa shape index (κ3) is 1.99. The van der Waals surface area contributed by atoms with Gasteiger partial charge >= 0.3 is 0 Å². The molecule has 0 fully saturated rings. The van der Waals surface area contributed by atoms with Gasteiger partial charge in [-0.25, -0.2) is 0 Å². The molecule has 0 aliphatic rings. The highest BCUT2D eigenvalue weighted by atomic mass is 16.5. The van der Waals surface area contributed by atoms with Crippen LogP contribution in [0.2, 0.25) is 0 Å². The smallest absolute Gasteiger partial charge is 0.128 e. The van der Waals surface area contributed by atoms with Crippen molar-refractivity contribution in [3.8, 4) is 5.75 Å².